The van der Waals surface area contributed by atoms with E-state index >= 15 is 0 Å². The summed E-state index contributed by atoms with van der Waals surface area (Å²) in [6.45, 7) is 3.82. The Balaban J connectivity index is 2.62. The van der Waals surface area contributed by atoms with Gasteiger partial charge in [0.05, 0.1) is 13.7 Å². The summed E-state index contributed by atoms with van der Waals surface area (Å²) in [6.07, 6.45) is -0.278. The molecule has 1 N–H and O–H groups in total. The first-order chi connectivity index (χ1) is 8.56. The first-order valence-electron chi connectivity index (χ1n) is 5.67. The van der Waals surface area contributed by atoms with E-state index in [1.807, 2.05) is 6.92 Å². The van der Waals surface area contributed by atoms with Crippen molar-refractivity contribution in [1.29, 1.82) is 0 Å². The molecule has 0 radical (unpaired) electrons. The molecule has 0 aliphatic carbocycles. The second-order valence-electron chi connectivity index (χ2n) is 3.71. The van der Waals surface area contributed by atoms with Crippen LogP contribution in [0.15, 0.2) is 18.2 Å². The van der Waals surface area contributed by atoms with Crippen molar-refractivity contribution in [3.63, 3.8) is 0 Å². The maximum absolute atomic E-state index is 11.6. The van der Waals surface area contributed by atoms with Crippen LogP contribution < -0.4 is 10.1 Å². The maximum atomic E-state index is 11.6. The number of esters is 1. The number of amides is 1. The Morgan fingerprint density at radius 1 is 1.33 bits per heavy atom. The Hall–Kier alpha value is -2.04. The first-order valence-corrected chi connectivity index (χ1v) is 5.67. The zero-order chi connectivity index (χ0) is 13.5. The van der Waals surface area contributed by atoms with Crippen molar-refractivity contribution >= 4 is 17.6 Å². The summed E-state index contributed by atoms with van der Waals surface area (Å²) in [6, 6.07) is 5.28. The predicted octanol–water partition coefficient (Wildman–Crippen LogP) is 1.90. The number of carbonyl (C=O) groups is 2. The summed E-state index contributed by atoms with van der Waals surface area (Å²) in [5.41, 5.74) is 1.52. The van der Waals surface area contributed by atoms with Crippen LogP contribution in [0, 0.1) is 6.92 Å². The lowest BCUT2D eigenvalue weighted by Gasteiger charge is -2.09. The van der Waals surface area contributed by atoms with Gasteiger partial charge in [-0.1, -0.05) is 0 Å². The minimum absolute atomic E-state index is 0.272. The largest absolute Gasteiger partial charge is 0.497 e. The van der Waals surface area contributed by atoms with E-state index in [0.29, 0.717) is 5.69 Å². The van der Waals surface area contributed by atoms with Crippen LogP contribution in [0.4, 0.5) is 5.69 Å². The van der Waals surface area contributed by atoms with E-state index in [4.69, 9.17) is 9.47 Å². The summed E-state index contributed by atoms with van der Waals surface area (Å²) < 4.78 is 9.76. The molecule has 0 saturated heterocycles. The molecule has 0 unspecified atom stereocenters. The molecule has 98 valence electrons. The van der Waals surface area contributed by atoms with Crippen molar-refractivity contribution in [2.75, 3.05) is 19.0 Å². The normalized spacial score (nSPS) is 9.72. The number of carbonyl (C=O) groups excluding carboxylic acids is 2. The number of rotatable bonds is 5. The number of aryl methyl sites for hydroxylation is 1. The van der Waals surface area contributed by atoms with Crippen molar-refractivity contribution < 1.29 is 19.1 Å². The molecule has 0 bridgehead atoms. The van der Waals surface area contributed by atoms with Gasteiger partial charge < -0.3 is 14.8 Å². The maximum Gasteiger partial charge on any atom is 0.315 e. The van der Waals surface area contributed by atoms with E-state index in [1.165, 1.54) is 0 Å². The van der Waals surface area contributed by atoms with Gasteiger partial charge in [0, 0.05) is 5.69 Å². The highest BCUT2D eigenvalue weighted by Crippen LogP contribution is 2.21. The van der Waals surface area contributed by atoms with Gasteiger partial charge in [0.1, 0.15) is 12.2 Å². The monoisotopic (exact) mass is 251 g/mol. The summed E-state index contributed by atoms with van der Waals surface area (Å²) in [5.74, 6) is -0.196. The lowest BCUT2D eigenvalue weighted by molar-refractivity contribution is -0.145. The van der Waals surface area contributed by atoms with Crippen LogP contribution in [-0.2, 0) is 14.3 Å². The molecule has 0 heterocycles. The van der Waals surface area contributed by atoms with Crippen molar-refractivity contribution in [3.05, 3.63) is 23.8 Å². The summed E-state index contributed by atoms with van der Waals surface area (Å²) in [5, 5.41) is 2.66. The molecule has 5 heteroatoms. The van der Waals surface area contributed by atoms with Crippen LogP contribution >= 0.6 is 0 Å². The van der Waals surface area contributed by atoms with Crippen molar-refractivity contribution in [3.8, 4) is 5.75 Å². The third-order valence-corrected chi connectivity index (χ3v) is 2.32. The molecule has 1 aromatic rings. The van der Waals surface area contributed by atoms with Gasteiger partial charge in [-0.2, -0.15) is 0 Å². The quantitative estimate of drug-likeness (QED) is 0.641. The van der Waals surface area contributed by atoms with E-state index in [-0.39, 0.29) is 18.9 Å². The smallest absolute Gasteiger partial charge is 0.315 e. The average Bonchev–Trinajstić information content (AvgIpc) is 2.31. The number of nitrogens with one attached hydrogen (secondary N) is 1. The van der Waals surface area contributed by atoms with E-state index in [9.17, 15) is 9.59 Å². The molecule has 0 fully saturated rings. The van der Waals surface area contributed by atoms with Crippen LogP contribution in [0.1, 0.15) is 18.9 Å². The van der Waals surface area contributed by atoms with Crippen molar-refractivity contribution in [2.24, 2.45) is 0 Å². The molecule has 0 aliphatic heterocycles. The number of hydrogen-bond donors (Lipinski definition) is 1. The summed E-state index contributed by atoms with van der Waals surface area (Å²) >= 11 is 0. The van der Waals surface area contributed by atoms with Gasteiger partial charge in [0.15, 0.2) is 0 Å². The fraction of sp³-hybridized carbons (Fsp3) is 0.385. The molecule has 0 aromatic heterocycles. The molecule has 1 amide bonds. The molecular formula is C13H17NO4. The van der Waals surface area contributed by atoms with Crippen molar-refractivity contribution in [1.82, 2.24) is 0 Å². The lowest BCUT2D eigenvalue weighted by atomic mass is 10.2. The number of hydrogen-bond acceptors (Lipinski definition) is 4. The zero-order valence-electron chi connectivity index (χ0n) is 10.8. The third-order valence-electron chi connectivity index (χ3n) is 2.32. The van der Waals surface area contributed by atoms with Gasteiger partial charge in [0.2, 0.25) is 5.91 Å². The minimum atomic E-state index is -0.527. The summed E-state index contributed by atoms with van der Waals surface area (Å²) in [7, 11) is 1.58. The van der Waals surface area contributed by atoms with E-state index in [2.05, 4.69) is 5.32 Å². The average molecular weight is 251 g/mol. The Morgan fingerprint density at radius 2 is 2.06 bits per heavy atom. The van der Waals surface area contributed by atoms with Gasteiger partial charge in [-0.25, -0.2) is 0 Å². The molecule has 0 spiro atoms. The molecule has 0 saturated carbocycles. The van der Waals surface area contributed by atoms with E-state index < -0.39 is 5.97 Å². The Bertz CT molecular complexity index is 443. The highest BCUT2D eigenvalue weighted by Gasteiger charge is 2.11. The van der Waals surface area contributed by atoms with Gasteiger partial charge in [-0.15, -0.1) is 0 Å². The van der Waals surface area contributed by atoms with E-state index in [0.717, 1.165) is 11.3 Å². The van der Waals surface area contributed by atoms with Gasteiger partial charge in [-0.05, 0) is 37.6 Å². The second-order valence-corrected chi connectivity index (χ2v) is 3.71. The van der Waals surface area contributed by atoms with Crippen LogP contribution in [0.25, 0.3) is 0 Å². The number of ether oxygens (including phenoxy) is 2. The van der Waals surface area contributed by atoms with Gasteiger partial charge >= 0.3 is 5.97 Å². The molecule has 18 heavy (non-hydrogen) atoms. The fourth-order valence-electron chi connectivity index (χ4n) is 1.44. The number of benzene rings is 1. The van der Waals surface area contributed by atoms with Crippen LogP contribution in [0.2, 0.25) is 0 Å². The van der Waals surface area contributed by atoms with Crippen LogP contribution in [0.5, 0.6) is 5.75 Å². The molecule has 5 nitrogen and oxygen atoms in total. The highest BCUT2D eigenvalue weighted by atomic mass is 16.5. The predicted molar refractivity (Wildman–Crippen MR) is 67.6 cm³/mol. The van der Waals surface area contributed by atoms with Crippen molar-refractivity contribution in [2.45, 2.75) is 20.3 Å². The standard InChI is InChI=1S/C13H17NO4/c1-4-18-13(16)8-12(15)14-11-6-5-10(17-3)7-9(11)2/h5-7H,4,8H2,1-3H3,(H,14,15). The number of anilines is 1. The zero-order valence-corrected chi connectivity index (χ0v) is 10.8. The van der Waals surface area contributed by atoms with E-state index in [1.54, 1.807) is 32.2 Å². The lowest BCUT2D eigenvalue weighted by Crippen LogP contribution is -2.18. The second kappa shape index (κ2) is 6.64. The third kappa shape index (κ3) is 4.08. The summed E-state index contributed by atoms with van der Waals surface area (Å²) in [4.78, 5) is 22.7. The van der Waals surface area contributed by atoms with Gasteiger partial charge in [-0.3, -0.25) is 9.59 Å². The minimum Gasteiger partial charge on any atom is -0.497 e. The Morgan fingerprint density at radius 3 is 2.61 bits per heavy atom. The molecule has 0 atom stereocenters. The Kier molecular flexibility index (Phi) is 5.17. The van der Waals surface area contributed by atoms with Crippen LogP contribution in [-0.4, -0.2) is 25.6 Å². The first kappa shape index (κ1) is 14.0. The van der Waals surface area contributed by atoms with Gasteiger partial charge in [0.25, 0.3) is 0 Å². The molecule has 0 aliphatic rings. The Labute approximate surface area is 106 Å². The van der Waals surface area contributed by atoms with Crippen LogP contribution in [0.3, 0.4) is 0 Å². The SMILES string of the molecule is CCOC(=O)CC(=O)Nc1ccc(OC)cc1C. The topological polar surface area (TPSA) is 64.6 Å². The molecule has 1 rings (SSSR count). The molecular weight excluding hydrogens is 234 g/mol. The fourth-order valence-corrected chi connectivity index (χ4v) is 1.44. The highest BCUT2D eigenvalue weighted by molar-refractivity contribution is 6.02. The molecule has 1 aromatic carbocycles. The number of methoxy groups -OCH3 is 1.